The van der Waals surface area contributed by atoms with Crippen LogP contribution >= 0.6 is 0 Å². The lowest BCUT2D eigenvalue weighted by molar-refractivity contribution is -0.125. The number of Topliss-reactive ketones (excluding diaryl/α,β-unsaturated/α-hetero) is 1. The molecule has 0 rings (SSSR count). The number of allylic oxidation sites excluding steroid dienone is 1. The zero-order chi connectivity index (χ0) is 8.91. The summed E-state index contributed by atoms with van der Waals surface area (Å²) in [4.78, 5) is 11.4. The quantitative estimate of drug-likeness (QED) is 0.556. The van der Waals surface area contributed by atoms with Crippen LogP contribution in [0.25, 0.3) is 0 Å². The van der Waals surface area contributed by atoms with E-state index in [1.165, 1.54) is 0 Å². The van der Waals surface area contributed by atoms with Crippen molar-refractivity contribution in [3.8, 4) is 0 Å². The molecule has 0 aromatic carbocycles. The average Bonchev–Trinajstić information content (AvgIpc) is 2.00. The highest BCUT2D eigenvalue weighted by Crippen LogP contribution is 2.20. The van der Waals surface area contributed by atoms with E-state index in [0.717, 1.165) is 12.8 Å². The molecular weight excluding hydrogens is 136 g/mol. The first-order valence-corrected chi connectivity index (χ1v) is 4.21. The highest BCUT2D eigenvalue weighted by Gasteiger charge is 2.21. The lowest BCUT2D eigenvalue weighted by Gasteiger charge is -2.17. The molecule has 0 aromatic heterocycles. The van der Waals surface area contributed by atoms with Gasteiger partial charge < -0.3 is 0 Å². The summed E-state index contributed by atoms with van der Waals surface area (Å²) in [5, 5.41) is 0. The second-order valence-electron chi connectivity index (χ2n) is 3.45. The van der Waals surface area contributed by atoms with Crippen LogP contribution in [-0.2, 0) is 4.79 Å². The van der Waals surface area contributed by atoms with Crippen molar-refractivity contribution in [2.24, 2.45) is 5.41 Å². The summed E-state index contributed by atoms with van der Waals surface area (Å²) in [7, 11) is 0. The minimum absolute atomic E-state index is 0.300. The van der Waals surface area contributed by atoms with Gasteiger partial charge in [-0.2, -0.15) is 0 Å². The van der Waals surface area contributed by atoms with Gasteiger partial charge in [0.05, 0.1) is 0 Å². The molecular formula is C10H18O. The van der Waals surface area contributed by atoms with Gasteiger partial charge in [-0.05, 0) is 20.3 Å². The molecule has 0 aliphatic carbocycles. The van der Waals surface area contributed by atoms with E-state index >= 15 is 0 Å². The van der Waals surface area contributed by atoms with Crippen molar-refractivity contribution in [1.82, 2.24) is 0 Å². The minimum atomic E-state index is -0.324. The van der Waals surface area contributed by atoms with Crippen LogP contribution in [0.5, 0.6) is 0 Å². The maximum atomic E-state index is 11.4. The van der Waals surface area contributed by atoms with Crippen LogP contribution in [0.15, 0.2) is 12.7 Å². The number of hydrogen-bond acceptors (Lipinski definition) is 1. The lowest BCUT2D eigenvalue weighted by Crippen LogP contribution is -2.20. The zero-order valence-electron chi connectivity index (χ0n) is 7.81. The van der Waals surface area contributed by atoms with Crippen LogP contribution in [-0.4, -0.2) is 5.78 Å². The van der Waals surface area contributed by atoms with Gasteiger partial charge in [-0.1, -0.05) is 19.4 Å². The van der Waals surface area contributed by atoms with Crippen LogP contribution in [0.2, 0.25) is 0 Å². The van der Waals surface area contributed by atoms with Crippen LogP contribution in [0.3, 0.4) is 0 Å². The van der Waals surface area contributed by atoms with Crippen LogP contribution < -0.4 is 0 Å². The molecule has 0 saturated heterocycles. The first-order chi connectivity index (χ1) is 5.04. The van der Waals surface area contributed by atoms with E-state index in [2.05, 4.69) is 13.5 Å². The summed E-state index contributed by atoms with van der Waals surface area (Å²) in [6.07, 6.45) is 4.50. The highest BCUT2D eigenvalue weighted by molar-refractivity contribution is 5.85. The maximum Gasteiger partial charge on any atom is 0.142 e. The normalized spacial score (nSPS) is 11.2. The third-order valence-corrected chi connectivity index (χ3v) is 1.99. The molecule has 0 atom stereocenters. The van der Waals surface area contributed by atoms with Gasteiger partial charge in [0.2, 0.25) is 0 Å². The summed E-state index contributed by atoms with van der Waals surface area (Å²) in [5.74, 6) is 0.300. The molecule has 0 fully saturated rings. The van der Waals surface area contributed by atoms with E-state index in [1.54, 1.807) is 6.08 Å². The van der Waals surface area contributed by atoms with Crippen molar-refractivity contribution in [2.45, 2.75) is 40.0 Å². The van der Waals surface area contributed by atoms with Gasteiger partial charge in [-0.25, -0.2) is 0 Å². The fraction of sp³-hybridized carbons (Fsp3) is 0.700. The molecule has 1 nitrogen and oxygen atoms in total. The first kappa shape index (κ1) is 10.4. The van der Waals surface area contributed by atoms with E-state index in [4.69, 9.17) is 0 Å². The van der Waals surface area contributed by atoms with E-state index in [0.29, 0.717) is 12.2 Å². The van der Waals surface area contributed by atoms with Gasteiger partial charge in [-0.3, -0.25) is 4.79 Å². The molecule has 0 aliphatic heterocycles. The second kappa shape index (κ2) is 4.32. The third-order valence-electron chi connectivity index (χ3n) is 1.99. The summed E-state index contributed by atoms with van der Waals surface area (Å²) in [5.41, 5.74) is -0.324. The fourth-order valence-electron chi connectivity index (χ4n) is 0.773. The highest BCUT2D eigenvalue weighted by atomic mass is 16.1. The second-order valence-corrected chi connectivity index (χ2v) is 3.45. The standard InChI is InChI=1S/C10H18O/c1-5-7-8-9(11)10(3,4)6-2/h6H,2,5,7-8H2,1,3-4H3. The predicted molar refractivity (Wildman–Crippen MR) is 48.5 cm³/mol. The molecule has 0 amide bonds. The van der Waals surface area contributed by atoms with E-state index < -0.39 is 0 Å². The topological polar surface area (TPSA) is 17.1 Å². The maximum absolute atomic E-state index is 11.4. The molecule has 0 N–H and O–H groups in total. The molecule has 0 radical (unpaired) electrons. The minimum Gasteiger partial charge on any atom is -0.299 e. The third kappa shape index (κ3) is 3.35. The Morgan fingerprint density at radius 1 is 1.55 bits per heavy atom. The molecule has 0 aliphatic rings. The van der Waals surface area contributed by atoms with Gasteiger partial charge in [-0.15, -0.1) is 6.58 Å². The van der Waals surface area contributed by atoms with Crippen molar-refractivity contribution >= 4 is 5.78 Å². The Bertz CT molecular complexity index is 145. The van der Waals surface area contributed by atoms with Gasteiger partial charge in [0.15, 0.2) is 0 Å². The molecule has 0 aromatic rings. The monoisotopic (exact) mass is 154 g/mol. The molecule has 1 heteroatoms. The van der Waals surface area contributed by atoms with Gasteiger partial charge in [0.25, 0.3) is 0 Å². The Balaban J connectivity index is 3.91. The zero-order valence-corrected chi connectivity index (χ0v) is 7.81. The summed E-state index contributed by atoms with van der Waals surface area (Å²) >= 11 is 0. The van der Waals surface area contributed by atoms with Crippen molar-refractivity contribution < 1.29 is 4.79 Å². The van der Waals surface area contributed by atoms with Crippen molar-refractivity contribution in [1.29, 1.82) is 0 Å². The van der Waals surface area contributed by atoms with Gasteiger partial charge in [0, 0.05) is 11.8 Å². The summed E-state index contributed by atoms with van der Waals surface area (Å²) in [6.45, 7) is 9.56. The Labute approximate surface area is 69.5 Å². The molecule has 0 unspecified atom stereocenters. The Hall–Kier alpha value is -0.590. The number of hydrogen-bond donors (Lipinski definition) is 0. The number of carbonyl (C=O) groups is 1. The molecule has 11 heavy (non-hydrogen) atoms. The average molecular weight is 154 g/mol. The smallest absolute Gasteiger partial charge is 0.142 e. The molecule has 0 spiro atoms. The lowest BCUT2D eigenvalue weighted by atomic mass is 9.86. The summed E-state index contributed by atoms with van der Waals surface area (Å²) in [6, 6.07) is 0. The Kier molecular flexibility index (Phi) is 4.09. The van der Waals surface area contributed by atoms with E-state index in [1.807, 2.05) is 13.8 Å². The van der Waals surface area contributed by atoms with E-state index in [9.17, 15) is 4.79 Å². The molecule has 64 valence electrons. The van der Waals surface area contributed by atoms with Gasteiger partial charge >= 0.3 is 0 Å². The number of rotatable bonds is 5. The number of carbonyl (C=O) groups excluding carboxylic acids is 1. The molecule has 0 saturated carbocycles. The Morgan fingerprint density at radius 3 is 2.45 bits per heavy atom. The number of unbranched alkanes of at least 4 members (excludes halogenated alkanes) is 1. The molecule has 0 bridgehead atoms. The Morgan fingerprint density at radius 2 is 2.09 bits per heavy atom. The van der Waals surface area contributed by atoms with E-state index in [-0.39, 0.29) is 5.41 Å². The number of ketones is 1. The molecule has 0 heterocycles. The first-order valence-electron chi connectivity index (χ1n) is 4.21. The van der Waals surface area contributed by atoms with Crippen LogP contribution in [0, 0.1) is 5.41 Å². The predicted octanol–water partition coefficient (Wildman–Crippen LogP) is 2.96. The SMILES string of the molecule is C=CC(C)(C)C(=O)CCCC. The van der Waals surface area contributed by atoms with Crippen LogP contribution in [0.4, 0.5) is 0 Å². The van der Waals surface area contributed by atoms with Crippen LogP contribution in [0.1, 0.15) is 40.0 Å². The van der Waals surface area contributed by atoms with Crippen molar-refractivity contribution in [2.75, 3.05) is 0 Å². The largest absolute Gasteiger partial charge is 0.299 e. The van der Waals surface area contributed by atoms with Crippen molar-refractivity contribution in [3.63, 3.8) is 0 Å². The van der Waals surface area contributed by atoms with Crippen molar-refractivity contribution in [3.05, 3.63) is 12.7 Å². The summed E-state index contributed by atoms with van der Waals surface area (Å²) < 4.78 is 0. The van der Waals surface area contributed by atoms with Gasteiger partial charge in [0.1, 0.15) is 5.78 Å². The fourth-order valence-corrected chi connectivity index (χ4v) is 0.773.